The Bertz CT molecular complexity index is 508. The van der Waals surface area contributed by atoms with Gasteiger partial charge in [0.2, 0.25) is 0 Å². The van der Waals surface area contributed by atoms with Crippen LogP contribution in [0.1, 0.15) is 10.4 Å². The molecule has 0 bridgehead atoms. The van der Waals surface area contributed by atoms with E-state index in [0.717, 1.165) is 0 Å². The van der Waals surface area contributed by atoms with Crippen molar-refractivity contribution in [1.29, 1.82) is 0 Å². The first-order valence-corrected chi connectivity index (χ1v) is 4.50. The molecule has 2 aromatic rings. The molecule has 2 heterocycles. The van der Waals surface area contributed by atoms with Gasteiger partial charge >= 0.3 is 5.97 Å². The molecule has 2 aromatic heterocycles. The Morgan fingerprint density at radius 1 is 1.50 bits per heavy atom. The second kappa shape index (κ2) is 4.01. The van der Waals surface area contributed by atoms with Crippen molar-refractivity contribution < 1.29 is 14.6 Å². The topological polar surface area (TPSA) is 77.2 Å². The van der Waals surface area contributed by atoms with E-state index in [9.17, 15) is 4.79 Å². The zero-order valence-electron chi connectivity index (χ0n) is 8.49. The summed E-state index contributed by atoms with van der Waals surface area (Å²) in [4.78, 5) is 15.1. The highest BCUT2D eigenvalue weighted by Crippen LogP contribution is 2.22. The van der Waals surface area contributed by atoms with Gasteiger partial charge in [-0.1, -0.05) is 0 Å². The number of hydrogen-bond acceptors (Lipinski definition) is 4. The van der Waals surface area contributed by atoms with Crippen LogP contribution in [0.3, 0.4) is 0 Å². The summed E-state index contributed by atoms with van der Waals surface area (Å²) in [5.74, 6) is -0.611. The third-order valence-electron chi connectivity index (χ3n) is 2.05. The van der Waals surface area contributed by atoms with Gasteiger partial charge in [-0.2, -0.15) is 5.10 Å². The summed E-state index contributed by atoms with van der Waals surface area (Å²) in [6.45, 7) is 0. The summed E-state index contributed by atoms with van der Waals surface area (Å²) in [5.41, 5.74) is -0.00583. The van der Waals surface area contributed by atoms with Gasteiger partial charge in [0.15, 0.2) is 5.82 Å². The average Bonchev–Trinajstić information content (AvgIpc) is 2.81. The minimum absolute atomic E-state index is 0.00583. The molecule has 0 aliphatic carbocycles. The average molecular weight is 219 g/mol. The fourth-order valence-corrected chi connectivity index (χ4v) is 1.37. The third-order valence-corrected chi connectivity index (χ3v) is 2.05. The summed E-state index contributed by atoms with van der Waals surface area (Å²) in [5, 5.41) is 13.1. The highest BCUT2D eigenvalue weighted by molar-refractivity contribution is 5.94. The first-order chi connectivity index (χ1) is 7.74. The lowest BCUT2D eigenvalue weighted by atomic mass is 10.2. The first-order valence-electron chi connectivity index (χ1n) is 4.50. The number of carboxylic acid groups (broad SMARTS) is 1. The molecule has 6 nitrogen and oxygen atoms in total. The largest absolute Gasteiger partial charge is 0.496 e. The van der Waals surface area contributed by atoms with E-state index in [1.807, 2.05) is 0 Å². The Hall–Kier alpha value is -2.37. The monoisotopic (exact) mass is 219 g/mol. The van der Waals surface area contributed by atoms with E-state index in [-0.39, 0.29) is 17.1 Å². The van der Waals surface area contributed by atoms with Gasteiger partial charge in [-0.05, 0) is 12.1 Å². The predicted octanol–water partition coefficient (Wildman–Crippen LogP) is 0.974. The molecule has 0 aliphatic rings. The second-order valence-corrected chi connectivity index (χ2v) is 2.97. The fraction of sp³-hybridized carbons (Fsp3) is 0.100. The maximum atomic E-state index is 11.1. The summed E-state index contributed by atoms with van der Waals surface area (Å²) in [6, 6.07) is 3.18. The van der Waals surface area contributed by atoms with Crippen LogP contribution >= 0.6 is 0 Å². The van der Waals surface area contributed by atoms with Crippen molar-refractivity contribution in [2.45, 2.75) is 0 Å². The van der Waals surface area contributed by atoms with Crippen molar-refractivity contribution >= 4 is 5.97 Å². The minimum Gasteiger partial charge on any atom is -0.496 e. The van der Waals surface area contributed by atoms with E-state index < -0.39 is 5.97 Å². The van der Waals surface area contributed by atoms with Crippen LogP contribution in [0.2, 0.25) is 0 Å². The molecular formula is C10H9N3O3. The number of rotatable bonds is 3. The van der Waals surface area contributed by atoms with E-state index in [1.165, 1.54) is 24.1 Å². The third kappa shape index (κ3) is 1.60. The number of ether oxygens (including phenoxy) is 1. The van der Waals surface area contributed by atoms with Crippen molar-refractivity contribution in [2.24, 2.45) is 0 Å². The highest BCUT2D eigenvalue weighted by Gasteiger charge is 2.18. The van der Waals surface area contributed by atoms with E-state index in [0.29, 0.717) is 0 Å². The van der Waals surface area contributed by atoms with Crippen molar-refractivity contribution in [3.8, 4) is 11.6 Å². The molecule has 2 rings (SSSR count). The molecule has 1 N–H and O–H groups in total. The van der Waals surface area contributed by atoms with Gasteiger partial charge < -0.3 is 9.84 Å². The molecule has 0 fully saturated rings. The van der Waals surface area contributed by atoms with Crippen molar-refractivity contribution in [3.63, 3.8) is 0 Å². The molecule has 0 atom stereocenters. The molecule has 0 aliphatic heterocycles. The molecular weight excluding hydrogens is 210 g/mol. The van der Waals surface area contributed by atoms with Gasteiger partial charge in [-0.25, -0.2) is 14.5 Å². The molecule has 0 aromatic carbocycles. The number of aromatic carboxylic acids is 1. The Morgan fingerprint density at radius 2 is 2.31 bits per heavy atom. The SMILES string of the molecule is COc1ccnc(-n2cccn2)c1C(=O)O. The lowest BCUT2D eigenvalue weighted by molar-refractivity contribution is 0.0692. The number of nitrogens with zero attached hydrogens (tertiary/aromatic N) is 3. The number of methoxy groups -OCH3 is 1. The Labute approximate surface area is 91.1 Å². The van der Waals surface area contributed by atoms with Crippen LogP contribution < -0.4 is 4.74 Å². The van der Waals surface area contributed by atoms with Crippen LogP contribution in [0.4, 0.5) is 0 Å². The molecule has 0 unspecified atom stereocenters. The van der Waals surface area contributed by atoms with Crippen LogP contribution in [0.25, 0.3) is 5.82 Å². The highest BCUT2D eigenvalue weighted by atomic mass is 16.5. The molecule has 0 saturated heterocycles. The number of carbonyl (C=O) groups is 1. The first kappa shape index (κ1) is 10.2. The van der Waals surface area contributed by atoms with Crippen LogP contribution in [0, 0.1) is 0 Å². The molecule has 0 radical (unpaired) electrons. The normalized spacial score (nSPS) is 10.1. The van der Waals surface area contributed by atoms with Crippen LogP contribution in [0.15, 0.2) is 30.7 Å². The van der Waals surface area contributed by atoms with Crippen molar-refractivity contribution in [3.05, 3.63) is 36.3 Å². The Morgan fingerprint density at radius 3 is 2.88 bits per heavy atom. The van der Waals surface area contributed by atoms with Crippen LogP contribution in [0.5, 0.6) is 5.75 Å². The zero-order valence-corrected chi connectivity index (χ0v) is 8.49. The van der Waals surface area contributed by atoms with Gasteiger partial charge in [0.05, 0.1) is 7.11 Å². The van der Waals surface area contributed by atoms with Crippen LogP contribution in [-0.2, 0) is 0 Å². The van der Waals surface area contributed by atoms with Crippen LogP contribution in [-0.4, -0.2) is 33.0 Å². The second-order valence-electron chi connectivity index (χ2n) is 2.97. The lowest BCUT2D eigenvalue weighted by Crippen LogP contribution is -2.10. The maximum absolute atomic E-state index is 11.1. The summed E-state index contributed by atoms with van der Waals surface area (Å²) in [7, 11) is 1.41. The molecule has 16 heavy (non-hydrogen) atoms. The molecule has 6 heteroatoms. The summed E-state index contributed by atoms with van der Waals surface area (Å²) in [6.07, 6.45) is 4.64. The van der Waals surface area contributed by atoms with E-state index in [4.69, 9.17) is 9.84 Å². The van der Waals surface area contributed by atoms with Gasteiger partial charge in [0.25, 0.3) is 0 Å². The van der Waals surface area contributed by atoms with Crippen molar-refractivity contribution in [2.75, 3.05) is 7.11 Å². The number of pyridine rings is 1. The predicted molar refractivity (Wildman–Crippen MR) is 54.9 cm³/mol. The van der Waals surface area contributed by atoms with Gasteiger partial charge in [0.1, 0.15) is 11.3 Å². The van der Waals surface area contributed by atoms with E-state index >= 15 is 0 Å². The number of carboxylic acids is 1. The lowest BCUT2D eigenvalue weighted by Gasteiger charge is -2.08. The number of hydrogen-bond donors (Lipinski definition) is 1. The molecule has 0 spiro atoms. The summed E-state index contributed by atoms with van der Waals surface area (Å²) < 4.78 is 6.36. The Balaban J connectivity index is 2.65. The van der Waals surface area contributed by atoms with E-state index in [1.54, 1.807) is 18.5 Å². The Kier molecular flexibility index (Phi) is 2.55. The van der Waals surface area contributed by atoms with Gasteiger partial charge in [-0.3, -0.25) is 0 Å². The van der Waals surface area contributed by atoms with Crippen molar-refractivity contribution in [1.82, 2.24) is 14.8 Å². The van der Waals surface area contributed by atoms with Gasteiger partial charge in [0, 0.05) is 18.6 Å². The quantitative estimate of drug-likeness (QED) is 0.832. The summed E-state index contributed by atoms with van der Waals surface area (Å²) >= 11 is 0. The van der Waals surface area contributed by atoms with Gasteiger partial charge in [-0.15, -0.1) is 0 Å². The smallest absolute Gasteiger partial charge is 0.343 e. The number of aromatic nitrogens is 3. The van der Waals surface area contributed by atoms with E-state index in [2.05, 4.69) is 10.1 Å². The maximum Gasteiger partial charge on any atom is 0.343 e. The molecule has 0 amide bonds. The standard InChI is InChI=1S/C10H9N3O3/c1-16-7-3-5-11-9(8(7)10(14)15)13-6-2-4-12-13/h2-6H,1H3,(H,14,15). The molecule has 82 valence electrons. The zero-order chi connectivity index (χ0) is 11.5. The molecule has 0 saturated carbocycles. The minimum atomic E-state index is -1.10. The fourth-order valence-electron chi connectivity index (χ4n) is 1.37.